The van der Waals surface area contributed by atoms with Crippen molar-refractivity contribution in [1.29, 1.82) is 0 Å². The van der Waals surface area contributed by atoms with E-state index in [0.29, 0.717) is 44.2 Å². The van der Waals surface area contributed by atoms with Gasteiger partial charge >= 0.3 is 6.18 Å². The zero-order valence-corrected chi connectivity index (χ0v) is 12.1. The number of unbranched alkanes of at least 4 members (excludes halogenated alkanes) is 1. The standard InChI is InChI=1S/C15H20F3N2O/c1-2-3-10-21-14-5-4-12(15(16,17)18)11-13(14)20-8-6-19-7-9-20/h4-5,11H,2-3,6-10H2,1H3. The topological polar surface area (TPSA) is 26.6 Å². The van der Waals surface area contributed by atoms with Crippen molar-refractivity contribution in [3.05, 3.63) is 23.8 Å². The summed E-state index contributed by atoms with van der Waals surface area (Å²) in [5, 5.41) is 4.22. The second kappa shape index (κ2) is 7.02. The fourth-order valence-corrected chi connectivity index (χ4v) is 2.24. The van der Waals surface area contributed by atoms with E-state index >= 15 is 0 Å². The fraction of sp³-hybridized carbons (Fsp3) is 0.600. The van der Waals surface area contributed by atoms with Crippen LogP contribution >= 0.6 is 0 Å². The molecule has 0 amide bonds. The van der Waals surface area contributed by atoms with E-state index < -0.39 is 11.7 Å². The van der Waals surface area contributed by atoms with Crippen LogP contribution in [-0.2, 0) is 6.18 Å². The quantitative estimate of drug-likeness (QED) is 0.780. The van der Waals surface area contributed by atoms with Gasteiger partial charge in [-0.25, -0.2) is 5.32 Å². The Morgan fingerprint density at radius 3 is 2.57 bits per heavy atom. The second-order valence-corrected chi connectivity index (χ2v) is 5.04. The number of anilines is 1. The molecule has 1 saturated heterocycles. The van der Waals surface area contributed by atoms with Gasteiger partial charge in [0.1, 0.15) is 5.75 Å². The molecule has 21 heavy (non-hydrogen) atoms. The maximum atomic E-state index is 12.9. The van der Waals surface area contributed by atoms with Gasteiger partial charge in [0.05, 0.1) is 17.9 Å². The monoisotopic (exact) mass is 301 g/mol. The number of hydrogen-bond acceptors (Lipinski definition) is 2. The summed E-state index contributed by atoms with van der Waals surface area (Å²) in [7, 11) is 0. The van der Waals surface area contributed by atoms with Crippen LogP contribution in [0.5, 0.6) is 5.75 Å². The molecule has 1 radical (unpaired) electrons. The SMILES string of the molecule is CCCCOc1ccc(C(F)(F)F)cc1N1CC[N]CC1. The van der Waals surface area contributed by atoms with Gasteiger partial charge in [-0.05, 0) is 24.6 Å². The molecule has 1 aromatic rings. The Balaban J connectivity index is 2.25. The summed E-state index contributed by atoms with van der Waals surface area (Å²) in [6.07, 6.45) is -2.47. The summed E-state index contributed by atoms with van der Waals surface area (Å²) in [4.78, 5) is 1.92. The van der Waals surface area contributed by atoms with Crippen molar-refractivity contribution in [2.45, 2.75) is 25.9 Å². The van der Waals surface area contributed by atoms with E-state index in [4.69, 9.17) is 4.74 Å². The van der Waals surface area contributed by atoms with Crippen molar-refractivity contribution >= 4 is 5.69 Å². The van der Waals surface area contributed by atoms with Crippen LogP contribution in [0, 0.1) is 0 Å². The van der Waals surface area contributed by atoms with Gasteiger partial charge in [0.25, 0.3) is 0 Å². The molecule has 0 atom stereocenters. The third-order valence-electron chi connectivity index (χ3n) is 3.44. The van der Waals surface area contributed by atoms with E-state index in [2.05, 4.69) is 5.32 Å². The van der Waals surface area contributed by atoms with Crippen LogP contribution in [0.1, 0.15) is 25.3 Å². The van der Waals surface area contributed by atoms with Gasteiger partial charge in [0, 0.05) is 26.2 Å². The maximum Gasteiger partial charge on any atom is 0.416 e. The number of alkyl halides is 3. The van der Waals surface area contributed by atoms with E-state index in [1.165, 1.54) is 12.1 Å². The van der Waals surface area contributed by atoms with Gasteiger partial charge in [-0.2, -0.15) is 13.2 Å². The molecule has 0 aliphatic carbocycles. The van der Waals surface area contributed by atoms with Crippen LogP contribution in [0.15, 0.2) is 18.2 Å². The molecule has 1 aromatic carbocycles. The Morgan fingerprint density at radius 2 is 1.95 bits per heavy atom. The lowest BCUT2D eigenvalue weighted by Gasteiger charge is -2.30. The maximum absolute atomic E-state index is 12.9. The van der Waals surface area contributed by atoms with Crippen LogP contribution in [0.2, 0.25) is 0 Å². The molecular weight excluding hydrogens is 281 g/mol. The molecule has 0 spiro atoms. The van der Waals surface area contributed by atoms with Crippen molar-refractivity contribution in [2.24, 2.45) is 0 Å². The molecule has 0 N–H and O–H groups in total. The number of hydrogen-bond donors (Lipinski definition) is 0. The second-order valence-electron chi connectivity index (χ2n) is 5.04. The summed E-state index contributed by atoms with van der Waals surface area (Å²) >= 11 is 0. The van der Waals surface area contributed by atoms with Gasteiger partial charge < -0.3 is 9.64 Å². The summed E-state index contributed by atoms with van der Waals surface area (Å²) in [6, 6.07) is 3.70. The highest BCUT2D eigenvalue weighted by molar-refractivity contribution is 5.61. The van der Waals surface area contributed by atoms with Crippen LogP contribution < -0.4 is 15.0 Å². The molecule has 1 heterocycles. The molecule has 117 valence electrons. The Kier molecular flexibility index (Phi) is 5.33. The van der Waals surface area contributed by atoms with Gasteiger partial charge in [0.15, 0.2) is 0 Å². The molecule has 0 aromatic heterocycles. The molecule has 3 nitrogen and oxygen atoms in total. The fourth-order valence-electron chi connectivity index (χ4n) is 2.24. The Labute approximate surface area is 123 Å². The van der Waals surface area contributed by atoms with E-state index in [9.17, 15) is 13.2 Å². The predicted molar refractivity (Wildman–Crippen MR) is 75.9 cm³/mol. The number of halogens is 3. The average molecular weight is 301 g/mol. The lowest BCUT2D eigenvalue weighted by Crippen LogP contribution is -2.40. The Morgan fingerprint density at radius 1 is 1.24 bits per heavy atom. The normalized spacial score (nSPS) is 16.1. The van der Waals surface area contributed by atoms with Crippen LogP contribution in [0.4, 0.5) is 18.9 Å². The highest BCUT2D eigenvalue weighted by atomic mass is 19.4. The average Bonchev–Trinajstić information content (AvgIpc) is 2.47. The lowest BCUT2D eigenvalue weighted by atomic mass is 10.1. The minimum atomic E-state index is -4.34. The molecule has 0 saturated carbocycles. The minimum Gasteiger partial charge on any atom is -0.491 e. The van der Waals surface area contributed by atoms with Crippen molar-refractivity contribution in [3.8, 4) is 5.75 Å². The highest BCUT2D eigenvalue weighted by Crippen LogP contribution is 2.37. The van der Waals surface area contributed by atoms with Crippen LogP contribution in [0.25, 0.3) is 0 Å². The van der Waals surface area contributed by atoms with Crippen LogP contribution in [-0.4, -0.2) is 32.8 Å². The largest absolute Gasteiger partial charge is 0.491 e. The van der Waals surface area contributed by atoms with Crippen molar-refractivity contribution in [2.75, 3.05) is 37.7 Å². The zero-order valence-electron chi connectivity index (χ0n) is 12.1. The Bertz CT molecular complexity index is 457. The summed E-state index contributed by atoms with van der Waals surface area (Å²) in [6.45, 7) is 5.11. The molecule has 6 heteroatoms. The smallest absolute Gasteiger partial charge is 0.416 e. The molecule has 2 rings (SSSR count). The number of nitrogens with zero attached hydrogens (tertiary/aromatic N) is 2. The first-order valence-electron chi connectivity index (χ1n) is 7.24. The minimum absolute atomic E-state index is 0.521. The number of benzene rings is 1. The predicted octanol–water partition coefficient (Wildman–Crippen LogP) is 3.31. The number of ether oxygens (including phenoxy) is 1. The zero-order chi connectivity index (χ0) is 15.3. The van der Waals surface area contributed by atoms with Gasteiger partial charge in [-0.1, -0.05) is 13.3 Å². The first kappa shape index (κ1) is 15.9. The van der Waals surface area contributed by atoms with E-state index in [0.717, 1.165) is 18.9 Å². The van der Waals surface area contributed by atoms with Crippen molar-refractivity contribution in [3.63, 3.8) is 0 Å². The third kappa shape index (κ3) is 4.27. The number of rotatable bonds is 5. The van der Waals surface area contributed by atoms with Gasteiger partial charge in [0.2, 0.25) is 0 Å². The van der Waals surface area contributed by atoms with Crippen molar-refractivity contribution < 1.29 is 17.9 Å². The van der Waals surface area contributed by atoms with Gasteiger partial charge in [-0.3, -0.25) is 0 Å². The molecule has 1 aliphatic rings. The molecule has 1 aliphatic heterocycles. The summed E-state index contributed by atoms with van der Waals surface area (Å²) in [5.41, 5.74) is -0.112. The Hall–Kier alpha value is -1.43. The number of piperazine rings is 1. The molecule has 0 unspecified atom stereocenters. The first-order chi connectivity index (χ1) is 10.0. The van der Waals surface area contributed by atoms with E-state index in [1.54, 1.807) is 0 Å². The van der Waals surface area contributed by atoms with Crippen LogP contribution in [0.3, 0.4) is 0 Å². The van der Waals surface area contributed by atoms with Crippen molar-refractivity contribution in [1.82, 2.24) is 5.32 Å². The van der Waals surface area contributed by atoms with E-state index in [1.807, 2.05) is 11.8 Å². The van der Waals surface area contributed by atoms with E-state index in [-0.39, 0.29) is 0 Å². The highest BCUT2D eigenvalue weighted by Gasteiger charge is 2.32. The third-order valence-corrected chi connectivity index (χ3v) is 3.44. The van der Waals surface area contributed by atoms with Gasteiger partial charge in [-0.15, -0.1) is 0 Å². The lowest BCUT2D eigenvalue weighted by molar-refractivity contribution is -0.137. The first-order valence-corrected chi connectivity index (χ1v) is 7.24. The molecule has 1 fully saturated rings. The molecule has 0 bridgehead atoms. The summed E-state index contributed by atoms with van der Waals surface area (Å²) in [5.74, 6) is 0.526. The molecular formula is C15H20F3N2O. The summed E-state index contributed by atoms with van der Waals surface area (Å²) < 4.78 is 44.3.